The predicted molar refractivity (Wildman–Crippen MR) is 109 cm³/mol. The standard InChI is InChI=1S/C21H17F3N6O/c1-26-17-10-31-11-21(30-17,20(23)24)15-7-14(2-3-16(15)22)29-19-18-13(4-5-27-19)6-12(8-25)9-28-18/h2-7,9,20H,10-11H2,1H3,(H,26,30)(H,27,29)/t21-/m0/s1. The van der Waals surface area contributed by atoms with Gasteiger partial charge in [-0.2, -0.15) is 5.26 Å². The zero-order valence-electron chi connectivity index (χ0n) is 16.4. The summed E-state index contributed by atoms with van der Waals surface area (Å²) in [6.45, 7) is -0.379. The minimum atomic E-state index is -2.96. The number of rotatable bonds is 4. The molecule has 1 aromatic carbocycles. The number of aromatic nitrogens is 2. The van der Waals surface area contributed by atoms with E-state index < -0.39 is 24.4 Å². The molecular weight excluding hydrogens is 409 g/mol. The van der Waals surface area contributed by atoms with Gasteiger partial charge in [0.25, 0.3) is 6.43 Å². The molecule has 0 radical (unpaired) electrons. The van der Waals surface area contributed by atoms with Crippen molar-refractivity contribution in [2.75, 3.05) is 25.6 Å². The highest BCUT2D eigenvalue weighted by Gasteiger charge is 2.47. The van der Waals surface area contributed by atoms with Crippen molar-refractivity contribution >= 4 is 28.2 Å². The molecule has 0 unspecified atom stereocenters. The highest BCUT2D eigenvalue weighted by atomic mass is 19.3. The molecule has 2 N–H and O–H groups in total. The van der Waals surface area contributed by atoms with Gasteiger partial charge in [0.05, 0.1) is 12.2 Å². The number of halogens is 3. The van der Waals surface area contributed by atoms with Crippen LogP contribution in [0.2, 0.25) is 0 Å². The molecule has 3 aromatic rings. The van der Waals surface area contributed by atoms with E-state index in [1.807, 2.05) is 6.07 Å². The number of amidine groups is 1. The van der Waals surface area contributed by atoms with E-state index in [0.29, 0.717) is 28.0 Å². The minimum Gasteiger partial charge on any atom is -0.371 e. The first kappa shape index (κ1) is 20.6. The van der Waals surface area contributed by atoms with Crippen LogP contribution in [-0.2, 0) is 10.3 Å². The Morgan fingerprint density at radius 3 is 2.87 bits per heavy atom. The second-order valence-corrected chi connectivity index (χ2v) is 6.95. The molecule has 0 spiro atoms. The van der Waals surface area contributed by atoms with Crippen LogP contribution in [-0.4, -0.2) is 42.5 Å². The summed E-state index contributed by atoms with van der Waals surface area (Å²) in [5.41, 5.74) is -1.13. The number of hydrogen-bond acceptors (Lipinski definition) is 6. The zero-order chi connectivity index (χ0) is 22.0. The van der Waals surface area contributed by atoms with E-state index >= 15 is 0 Å². The summed E-state index contributed by atoms with van der Waals surface area (Å²) < 4.78 is 48.3. The lowest BCUT2D eigenvalue weighted by Crippen LogP contribution is -2.59. The number of anilines is 2. The molecule has 0 aliphatic carbocycles. The quantitative estimate of drug-likeness (QED) is 0.663. The van der Waals surface area contributed by atoms with Gasteiger partial charge in [0, 0.05) is 36.1 Å². The smallest absolute Gasteiger partial charge is 0.267 e. The average molecular weight is 426 g/mol. The average Bonchev–Trinajstić information content (AvgIpc) is 2.80. The lowest BCUT2D eigenvalue weighted by molar-refractivity contribution is -0.0332. The van der Waals surface area contributed by atoms with E-state index in [-0.39, 0.29) is 18.0 Å². The molecule has 10 heteroatoms. The molecular formula is C21H17F3N6O. The van der Waals surface area contributed by atoms with Gasteiger partial charge in [0.2, 0.25) is 0 Å². The predicted octanol–water partition coefficient (Wildman–Crippen LogP) is 3.49. The number of fused-ring (bicyclic) bond motifs is 1. The van der Waals surface area contributed by atoms with Gasteiger partial charge in [-0.05, 0) is 30.3 Å². The molecule has 1 saturated heterocycles. The third kappa shape index (κ3) is 3.75. The van der Waals surface area contributed by atoms with Gasteiger partial charge in [0.1, 0.15) is 29.8 Å². The Bertz CT molecular complexity index is 1210. The molecule has 0 amide bonds. The molecule has 31 heavy (non-hydrogen) atoms. The number of nitriles is 1. The largest absolute Gasteiger partial charge is 0.371 e. The molecule has 4 rings (SSSR count). The monoisotopic (exact) mass is 426 g/mol. The van der Waals surface area contributed by atoms with Crippen LogP contribution in [0.15, 0.2) is 47.7 Å². The summed E-state index contributed by atoms with van der Waals surface area (Å²) in [4.78, 5) is 12.4. The molecule has 1 atom stereocenters. The van der Waals surface area contributed by atoms with Crippen molar-refractivity contribution < 1.29 is 17.9 Å². The fraction of sp³-hybridized carbons (Fsp3) is 0.238. The van der Waals surface area contributed by atoms with Crippen LogP contribution in [0, 0.1) is 17.1 Å². The number of hydrogen-bond donors (Lipinski definition) is 2. The summed E-state index contributed by atoms with van der Waals surface area (Å²) in [6, 6.07) is 9.19. The zero-order valence-corrected chi connectivity index (χ0v) is 16.4. The number of ether oxygens (including phenoxy) is 1. The first-order chi connectivity index (χ1) is 15.0. The van der Waals surface area contributed by atoms with Crippen LogP contribution < -0.4 is 10.6 Å². The number of nitrogens with one attached hydrogen (secondary N) is 2. The number of morpholine rings is 1. The summed E-state index contributed by atoms with van der Waals surface area (Å²) in [6.07, 6.45) is -0.0264. The summed E-state index contributed by atoms with van der Waals surface area (Å²) in [7, 11) is 1.44. The van der Waals surface area contributed by atoms with E-state index in [1.165, 1.54) is 31.6 Å². The molecule has 0 saturated carbocycles. The Balaban J connectivity index is 1.75. The molecule has 0 bridgehead atoms. The minimum absolute atomic E-state index is 0.0425. The Kier molecular flexibility index (Phi) is 5.44. The Hall–Kier alpha value is -3.71. The maximum atomic E-state index is 14.7. The van der Waals surface area contributed by atoms with E-state index in [2.05, 4.69) is 25.6 Å². The van der Waals surface area contributed by atoms with Crippen molar-refractivity contribution in [2.24, 2.45) is 4.99 Å². The van der Waals surface area contributed by atoms with Gasteiger partial charge in [-0.15, -0.1) is 0 Å². The van der Waals surface area contributed by atoms with E-state index in [9.17, 15) is 13.2 Å². The second kappa shape index (κ2) is 8.20. The van der Waals surface area contributed by atoms with Gasteiger partial charge in [-0.3, -0.25) is 9.98 Å². The second-order valence-electron chi connectivity index (χ2n) is 6.95. The fourth-order valence-electron chi connectivity index (χ4n) is 3.43. The van der Waals surface area contributed by atoms with Crippen LogP contribution in [0.1, 0.15) is 11.1 Å². The normalized spacial score (nSPS) is 19.9. The fourth-order valence-corrected chi connectivity index (χ4v) is 3.43. The van der Waals surface area contributed by atoms with Crippen LogP contribution in [0.3, 0.4) is 0 Å². The third-order valence-electron chi connectivity index (χ3n) is 5.02. The van der Waals surface area contributed by atoms with Crippen molar-refractivity contribution in [1.29, 1.82) is 5.26 Å². The van der Waals surface area contributed by atoms with Crippen molar-refractivity contribution in [3.8, 4) is 6.07 Å². The molecule has 3 heterocycles. The number of nitrogens with zero attached hydrogens (tertiary/aromatic N) is 4. The molecule has 1 fully saturated rings. The van der Waals surface area contributed by atoms with Crippen molar-refractivity contribution in [1.82, 2.24) is 15.3 Å². The number of alkyl halides is 2. The molecule has 2 aromatic heterocycles. The first-order valence-corrected chi connectivity index (χ1v) is 9.28. The number of aliphatic imine (C=N–C) groups is 1. The van der Waals surface area contributed by atoms with Crippen LogP contribution in [0.5, 0.6) is 0 Å². The topological polar surface area (TPSA) is 95.2 Å². The highest BCUT2D eigenvalue weighted by Crippen LogP contribution is 2.35. The molecule has 7 nitrogen and oxygen atoms in total. The molecule has 1 aliphatic heterocycles. The SMILES string of the molecule is CN=C1COC[C@](c2cc(Nc3nccc4cc(C#N)cnc34)ccc2F)(C(F)F)N1. The number of pyridine rings is 2. The highest BCUT2D eigenvalue weighted by molar-refractivity contribution is 5.90. The van der Waals surface area contributed by atoms with Crippen LogP contribution in [0.25, 0.3) is 10.9 Å². The lowest BCUT2D eigenvalue weighted by Gasteiger charge is -2.39. The van der Waals surface area contributed by atoms with E-state index in [1.54, 1.807) is 12.1 Å². The van der Waals surface area contributed by atoms with E-state index in [0.717, 1.165) is 6.07 Å². The van der Waals surface area contributed by atoms with Crippen molar-refractivity contribution in [3.05, 3.63) is 59.7 Å². The van der Waals surface area contributed by atoms with Crippen molar-refractivity contribution in [2.45, 2.75) is 12.0 Å². The van der Waals surface area contributed by atoms with Crippen molar-refractivity contribution in [3.63, 3.8) is 0 Å². The van der Waals surface area contributed by atoms with Gasteiger partial charge in [-0.1, -0.05) is 0 Å². The molecule has 1 aliphatic rings. The third-order valence-corrected chi connectivity index (χ3v) is 5.02. The first-order valence-electron chi connectivity index (χ1n) is 9.28. The lowest BCUT2D eigenvalue weighted by atomic mass is 9.89. The number of benzene rings is 1. The van der Waals surface area contributed by atoms with Crippen LogP contribution >= 0.6 is 0 Å². The summed E-state index contributed by atoms with van der Waals surface area (Å²) in [5.74, 6) is -0.256. The Labute approximate surface area is 175 Å². The van der Waals surface area contributed by atoms with Gasteiger partial charge >= 0.3 is 0 Å². The Morgan fingerprint density at radius 1 is 1.29 bits per heavy atom. The van der Waals surface area contributed by atoms with Gasteiger partial charge < -0.3 is 15.4 Å². The maximum absolute atomic E-state index is 14.7. The molecule has 158 valence electrons. The van der Waals surface area contributed by atoms with Gasteiger partial charge in [0.15, 0.2) is 11.4 Å². The Morgan fingerprint density at radius 2 is 2.13 bits per heavy atom. The summed E-state index contributed by atoms with van der Waals surface area (Å²) >= 11 is 0. The van der Waals surface area contributed by atoms with E-state index in [4.69, 9.17) is 10.00 Å². The van der Waals surface area contributed by atoms with Gasteiger partial charge in [-0.25, -0.2) is 18.2 Å². The summed E-state index contributed by atoms with van der Waals surface area (Å²) in [5, 5.41) is 15.4. The van der Waals surface area contributed by atoms with Crippen LogP contribution in [0.4, 0.5) is 24.7 Å². The maximum Gasteiger partial charge on any atom is 0.267 e.